The van der Waals surface area contributed by atoms with E-state index in [2.05, 4.69) is 11.0 Å². The molecular weight excluding hydrogens is 254 g/mol. The first kappa shape index (κ1) is 15.3. The summed E-state index contributed by atoms with van der Waals surface area (Å²) in [4.78, 5) is 16.7. The van der Waals surface area contributed by atoms with Crippen LogP contribution in [0.15, 0.2) is 0 Å². The molecule has 1 atom stereocenters. The molecule has 0 radical (unpaired) electrons. The van der Waals surface area contributed by atoms with Gasteiger partial charge in [-0.05, 0) is 19.8 Å². The van der Waals surface area contributed by atoms with Crippen LogP contribution in [0.25, 0.3) is 0 Å². The number of hydrogen-bond donors (Lipinski definition) is 1. The maximum Gasteiger partial charge on any atom is 0.243 e. The van der Waals surface area contributed by atoms with Crippen LogP contribution in [0.2, 0.25) is 0 Å². The lowest BCUT2D eigenvalue weighted by Crippen LogP contribution is -2.54. The van der Waals surface area contributed by atoms with E-state index in [9.17, 15) is 15.2 Å². The molecule has 5 nitrogen and oxygen atoms in total. The zero-order valence-electron chi connectivity index (χ0n) is 12.3. The molecule has 1 heterocycles. The molecule has 1 N–H and O–H groups in total. The molecule has 1 saturated carbocycles. The van der Waals surface area contributed by atoms with Crippen molar-refractivity contribution in [1.82, 2.24) is 9.80 Å². The average Bonchev–Trinajstić information content (AvgIpc) is 2.47. The summed E-state index contributed by atoms with van der Waals surface area (Å²) in [6.45, 7) is 5.37. The van der Waals surface area contributed by atoms with Crippen molar-refractivity contribution in [2.24, 2.45) is 5.41 Å². The lowest BCUT2D eigenvalue weighted by Gasteiger charge is -2.40. The second-order valence-electron chi connectivity index (χ2n) is 6.20. The van der Waals surface area contributed by atoms with Crippen LogP contribution in [0.5, 0.6) is 0 Å². The Hall–Kier alpha value is -1.12. The molecule has 20 heavy (non-hydrogen) atoms. The van der Waals surface area contributed by atoms with Gasteiger partial charge in [0.15, 0.2) is 0 Å². The smallest absolute Gasteiger partial charge is 0.243 e. The lowest BCUT2D eigenvalue weighted by molar-refractivity contribution is -0.142. The number of rotatable bonds is 3. The summed E-state index contributed by atoms with van der Waals surface area (Å²) < 4.78 is 0. The third-order valence-electron chi connectivity index (χ3n) is 4.51. The quantitative estimate of drug-likeness (QED) is 0.836. The first-order chi connectivity index (χ1) is 9.57. The van der Waals surface area contributed by atoms with E-state index in [0.29, 0.717) is 19.6 Å². The monoisotopic (exact) mass is 279 g/mol. The molecule has 0 spiro atoms. The predicted octanol–water partition coefficient (Wildman–Crippen LogP) is 0.985. The fraction of sp³-hybridized carbons (Fsp3) is 0.867. The number of nitriles is 1. The minimum Gasteiger partial charge on any atom is -0.392 e. The maximum atomic E-state index is 12.7. The summed E-state index contributed by atoms with van der Waals surface area (Å²) in [5.41, 5.74) is -0.759. The van der Waals surface area contributed by atoms with Gasteiger partial charge in [-0.3, -0.25) is 9.69 Å². The number of nitrogens with zero attached hydrogens (tertiary/aromatic N) is 3. The number of piperazine rings is 1. The Balaban J connectivity index is 1.92. The van der Waals surface area contributed by atoms with E-state index in [-0.39, 0.29) is 12.0 Å². The van der Waals surface area contributed by atoms with Crippen molar-refractivity contribution in [3.05, 3.63) is 0 Å². The fourth-order valence-corrected chi connectivity index (χ4v) is 3.34. The summed E-state index contributed by atoms with van der Waals surface area (Å²) >= 11 is 0. The molecule has 0 aromatic heterocycles. The molecule has 2 aliphatic rings. The van der Waals surface area contributed by atoms with Crippen molar-refractivity contribution in [2.45, 2.75) is 45.1 Å². The molecule has 2 rings (SSSR count). The van der Waals surface area contributed by atoms with Crippen LogP contribution in [0.4, 0.5) is 0 Å². The molecule has 1 aliphatic carbocycles. The van der Waals surface area contributed by atoms with Crippen LogP contribution < -0.4 is 0 Å². The van der Waals surface area contributed by atoms with E-state index in [4.69, 9.17) is 0 Å². The minimum absolute atomic E-state index is 0.0383. The maximum absolute atomic E-state index is 12.7. The standard InChI is InChI=1S/C15H25N3O2/c1-13(19)11-17-7-9-18(10-8-17)14(20)15(12-16)5-3-2-4-6-15/h13,19H,2-11H2,1H3/t13-/m0/s1. The highest BCUT2D eigenvalue weighted by atomic mass is 16.3. The highest BCUT2D eigenvalue weighted by Crippen LogP contribution is 2.37. The van der Waals surface area contributed by atoms with E-state index >= 15 is 0 Å². The SMILES string of the molecule is C[C@H](O)CN1CCN(C(=O)C2(C#N)CCCCC2)CC1. The van der Waals surface area contributed by atoms with Gasteiger partial charge in [0.25, 0.3) is 0 Å². The third-order valence-corrected chi connectivity index (χ3v) is 4.51. The fourth-order valence-electron chi connectivity index (χ4n) is 3.34. The number of aliphatic hydroxyl groups is 1. The topological polar surface area (TPSA) is 67.6 Å². The number of aliphatic hydroxyl groups excluding tert-OH is 1. The van der Waals surface area contributed by atoms with Gasteiger partial charge < -0.3 is 10.0 Å². The van der Waals surface area contributed by atoms with E-state index in [1.54, 1.807) is 6.92 Å². The second-order valence-corrected chi connectivity index (χ2v) is 6.20. The first-order valence-corrected chi connectivity index (χ1v) is 7.68. The summed E-state index contributed by atoms with van der Waals surface area (Å²) in [5.74, 6) is 0.0383. The molecule has 1 amide bonds. The van der Waals surface area contributed by atoms with Crippen molar-refractivity contribution in [3.63, 3.8) is 0 Å². The van der Waals surface area contributed by atoms with E-state index < -0.39 is 5.41 Å². The molecule has 1 aliphatic heterocycles. The predicted molar refractivity (Wildman–Crippen MR) is 75.8 cm³/mol. The van der Waals surface area contributed by atoms with E-state index in [0.717, 1.165) is 45.2 Å². The molecule has 0 unspecified atom stereocenters. The molecule has 0 aromatic carbocycles. The summed E-state index contributed by atoms with van der Waals surface area (Å²) in [6, 6.07) is 2.31. The van der Waals surface area contributed by atoms with Crippen LogP contribution in [0.3, 0.4) is 0 Å². The first-order valence-electron chi connectivity index (χ1n) is 7.68. The number of hydrogen-bond acceptors (Lipinski definition) is 4. The van der Waals surface area contributed by atoms with Gasteiger partial charge in [-0.1, -0.05) is 19.3 Å². The van der Waals surface area contributed by atoms with E-state index in [1.807, 2.05) is 4.90 Å². The van der Waals surface area contributed by atoms with Gasteiger partial charge in [0.1, 0.15) is 5.41 Å². The number of carbonyl (C=O) groups is 1. The van der Waals surface area contributed by atoms with Crippen LogP contribution in [-0.4, -0.2) is 59.6 Å². The van der Waals surface area contributed by atoms with Gasteiger partial charge in [-0.2, -0.15) is 5.26 Å². The molecule has 112 valence electrons. The second kappa shape index (κ2) is 6.55. The highest BCUT2D eigenvalue weighted by molar-refractivity contribution is 5.85. The molecule has 0 aromatic rings. The molecule has 2 fully saturated rings. The Morgan fingerprint density at radius 3 is 2.35 bits per heavy atom. The highest BCUT2D eigenvalue weighted by Gasteiger charge is 2.42. The number of amides is 1. The minimum atomic E-state index is -0.759. The average molecular weight is 279 g/mol. The Kier molecular flexibility index (Phi) is 5.00. The van der Waals surface area contributed by atoms with Gasteiger partial charge in [-0.25, -0.2) is 0 Å². The van der Waals surface area contributed by atoms with Crippen molar-refractivity contribution in [3.8, 4) is 6.07 Å². The van der Waals surface area contributed by atoms with Gasteiger partial charge in [0.2, 0.25) is 5.91 Å². The number of carbonyl (C=O) groups excluding carboxylic acids is 1. The summed E-state index contributed by atoms with van der Waals surface area (Å²) in [6.07, 6.45) is 4.22. The zero-order chi connectivity index (χ0) is 14.6. The molecule has 1 saturated heterocycles. The Morgan fingerprint density at radius 1 is 1.25 bits per heavy atom. The largest absolute Gasteiger partial charge is 0.392 e. The van der Waals surface area contributed by atoms with Crippen LogP contribution in [0.1, 0.15) is 39.0 Å². The molecule has 5 heteroatoms. The third kappa shape index (κ3) is 3.31. The Morgan fingerprint density at radius 2 is 1.85 bits per heavy atom. The normalized spacial score (nSPS) is 24.9. The van der Waals surface area contributed by atoms with Gasteiger partial charge in [0, 0.05) is 32.7 Å². The molecular formula is C15H25N3O2. The van der Waals surface area contributed by atoms with Crippen molar-refractivity contribution in [1.29, 1.82) is 5.26 Å². The Labute approximate surface area is 121 Å². The Bertz CT molecular complexity index is 375. The van der Waals surface area contributed by atoms with Gasteiger partial charge >= 0.3 is 0 Å². The van der Waals surface area contributed by atoms with Crippen molar-refractivity contribution in [2.75, 3.05) is 32.7 Å². The van der Waals surface area contributed by atoms with Gasteiger partial charge in [-0.15, -0.1) is 0 Å². The zero-order valence-corrected chi connectivity index (χ0v) is 12.3. The summed E-state index contributed by atoms with van der Waals surface area (Å²) in [7, 11) is 0. The number of β-amino-alcohol motifs (C(OH)–C–C–N with tert-alkyl or cyclic N) is 1. The van der Waals surface area contributed by atoms with Gasteiger partial charge in [0.05, 0.1) is 12.2 Å². The van der Waals surface area contributed by atoms with Crippen molar-refractivity contribution >= 4 is 5.91 Å². The van der Waals surface area contributed by atoms with Crippen molar-refractivity contribution < 1.29 is 9.90 Å². The lowest BCUT2D eigenvalue weighted by atomic mass is 9.74. The van der Waals surface area contributed by atoms with Crippen LogP contribution >= 0.6 is 0 Å². The van der Waals surface area contributed by atoms with Crippen LogP contribution in [-0.2, 0) is 4.79 Å². The molecule has 0 bridgehead atoms. The van der Waals surface area contributed by atoms with E-state index in [1.165, 1.54) is 0 Å². The summed E-state index contributed by atoms with van der Waals surface area (Å²) in [5, 5.41) is 18.9. The van der Waals surface area contributed by atoms with Crippen LogP contribution in [0, 0.1) is 16.7 Å².